The minimum absolute atomic E-state index is 0.200. The summed E-state index contributed by atoms with van der Waals surface area (Å²) in [7, 11) is -0.200. The van der Waals surface area contributed by atoms with Gasteiger partial charge in [-0.1, -0.05) is 67.9 Å². The third-order valence-electron chi connectivity index (χ3n) is 6.99. The van der Waals surface area contributed by atoms with Crippen molar-refractivity contribution in [3.05, 3.63) is 88.7 Å². The average Bonchev–Trinajstić information content (AvgIpc) is 2.86. The van der Waals surface area contributed by atoms with Crippen LogP contribution >= 0.6 is 0 Å². The van der Waals surface area contributed by atoms with Crippen molar-refractivity contribution in [2.75, 3.05) is 0 Å². The number of alkyl halides is 2. The molecule has 1 aliphatic heterocycles. The minimum Gasteiger partial charge on any atom is -0.429 e. The molecule has 1 heterocycles. The molecule has 0 aliphatic carbocycles. The lowest BCUT2D eigenvalue weighted by Gasteiger charge is -2.27. The van der Waals surface area contributed by atoms with Gasteiger partial charge >= 0.3 is 6.61 Å². The molecule has 1 radical (unpaired) electrons. The molecule has 0 aromatic heterocycles. The Balaban J connectivity index is 1.38. The van der Waals surface area contributed by atoms with Crippen LogP contribution in [0.4, 0.5) is 22.0 Å². The lowest BCUT2D eigenvalue weighted by atomic mass is 9.91. The molecule has 0 N–H and O–H groups in total. The van der Waals surface area contributed by atoms with Crippen LogP contribution in [-0.2, 0) is 12.8 Å². The van der Waals surface area contributed by atoms with E-state index in [2.05, 4.69) is 17.7 Å². The van der Waals surface area contributed by atoms with Gasteiger partial charge in [0.25, 0.3) is 0 Å². The summed E-state index contributed by atoms with van der Waals surface area (Å²) in [4.78, 5) is 0. The summed E-state index contributed by atoms with van der Waals surface area (Å²) in [5, 5.41) is 0. The molecule has 1 nitrogen and oxygen atoms in total. The number of halogens is 5. The van der Waals surface area contributed by atoms with Gasteiger partial charge in [-0.05, 0) is 72.1 Å². The number of rotatable bonds is 9. The number of ether oxygens (including phenoxy) is 1. The Morgan fingerprint density at radius 2 is 1.47 bits per heavy atom. The van der Waals surface area contributed by atoms with E-state index >= 15 is 4.39 Å². The number of benzene rings is 3. The van der Waals surface area contributed by atoms with Crippen molar-refractivity contribution in [3.8, 4) is 16.9 Å². The highest BCUT2D eigenvalue weighted by Crippen LogP contribution is 2.36. The average molecular weight is 518 g/mol. The first kappa shape index (κ1) is 26.4. The molecular weight excluding hydrogens is 487 g/mol. The van der Waals surface area contributed by atoms with Crippen LogP contribution in [0, 0.1) is 17.5 Å². The third kappa shape index (κ3) is 6.55. The number of hydrogen-bond acceptors (Lipinski definition) is 1. The molecule has 36 heavy (non-hydrogen) atoms. The van der Waals surface area contributed by atoms with E-state index in [4.69, 9.17) is 0 Å². The summed E-state index contributed by atoms with van der Waals surface area (Å²) < 4.78 is 71.4. The van der Waals surface area contributed by atoms with Crippen LogP contribution in [0.2, 0.25) is 18.1 Å². The summed E-state index contributed by atoms with van der Waals surface area (Å²) in [5.41, 5.74) is 3.66. The standard InChI is InChI=1S/C29H30F5OSi/c1-2-13-36-14-11-21(12-15-36)23-9-10-24(25(30)18-23)22-7-5-19(6-8-22)3-4-20-16-26(31)28(27(32)17-20)35-29(33)34/h5-10,16-18,21,29H,2-4,11-15H2,1H3. The van der Waals surface area contributed by atoms with Crippen LogP contribution in [0.3, 0.4) is 0 Å². The van der Waals surface area contributed by atoms with Crippen molar-refractivity contribution < 1.29 is 26.7 Å². The molecule has 0 unspecified atom stereocenters. The maximum Gasteiger partial charge on any atom is 0.387 e. The van der Waals surface area contributed by atoms with E-state index < -0.39 is 24.0 Å². The molecule has 7 heteroatoms. The molecule has 0 amide bonds. The van der Waals surface area contributed by atoms with E-state index in [-0.39, 0.29) is 14.6 Å². The minimum atomic E-state index is -3.30. The molecule has 1 fully saturated rings. The summed E-state index contributed by atoms with van der Waals surface area (Å²) in [6.07, 6.45) is 4.39. The van der Waals surface area contributed by atoms with Gasteiger partial charge < -0.3 is 4.74 Å². The fourth-order valence-electron chi connectivity index (χ4n) is 5.08. The first-order chi connectivity index (χ1) is 17.3. The third-order valence-corrected chi connectivity index (χ3v) is 10.2. The van der Waals surface area contributed by atoms with Crippen molar-refractivity contribution >= 4 is 8.80 Å². The van der Waals surface area contributed by atoms with E-state index in [9.17, 15) is 17.6 Å². The van der Waals surface area contributed by atoms with Gasteiger partial charge in [0.2, 0.25) is 0 Å². The molecule has 3 aromatic carbocycles. The van der Waals surface area contributed by atoms with Crippen LogP contribution in [0.5, 0.6) is 5.75 Å². The van der Waals surface area contributed by atoms with E-state index in [1.807, 2.05) is 30.3 Å². The smallest absolute Gasteiger partial charge is 0.387 e. The predicted octanol–water partition coefficient (Wildman–Crippen LogP) is 8.94. The molecule has 191 valence electrons. The number of hydrogen-bond donors (Lipinski definition) is 0. The van der Waals surface area contributed by atoms with Gasteiger partial charge in [-0.15, -0.1) is 0 Å². The maximum atomic E-state index is 15.0. The van der Waals surface area contributed by atoms with Gasteiger partial charge in [-0.2, -0.15) is 8.78 Å². The van der Waals surface area contributed by atoms with Gasteiger partial charge in [0.05, 0.1) is 0 Å². The van der Waals surface area contributed by atoms with Crippen molar-refractivity contribution in [2.45, 2.75) is 69.7 Å². The van der Waals surface area contributed by atoms with Crippen molar-refractivity contribution in [2.24, 2.45) is 0 Å². The molecular formula is C29H30F5OSi. The summed E-state index contributed by atoms with van der Waals surface area (Å²) >= 11 is 0. The fraction of sp³-hybridized carbons (Fsp3) is 0.379. The highest BCUT2D eigenvalue weighted by atomic mass is 28.3. The van der Waals surface area contributed by atoms with Gasteiger partial charge in [0.1, 0.15) is 5.82 Å². The lowest BCUT2D eigenvalue weighted by Crippen LogP contribution is -2.20. The highest BCUT2D eigenvalue weighted by Gasteiger charge is 2.23. The van der Waals surface area contributed by atoms with E-state index in [1.165, 1.54) is 24.6 Å². The molecule has 3 aromatic rings. The Labute approximate surface area is 210 Å². The second kappa shape index (κ2) is 12.0. The quantitative estimate of drug-likeness (QED) is 0.203. The van der Waals surface area contributed by atoms with E-state index in [0.717, 1.165) is 41.7 Å². The molecule has 0 saturated carbocycles. The number of aryl methyl sites for hydroxylation is 2. The Morgan fingerprint density at radius 1 is 0.833 bits per heavy atom. The van der Waals surface area contributed by atoms with Gasteiger partial charge in [0, 0.05) is 14.4 Å². The SMILES string of the molecule is CCC[Si]1CCC(c2ccc(-c3ccc(CCc4cc(F)c(OC(F)F)c(F)c4)cc3)c(F)c2)CC1. The van der Waals surface area contributed by atoms with Gasteiger partial charge in [-0.3, -0.25) is 0 Å². The van der Waals surface area contributed by atoms with E-state index in [1.54, 1.807) is 6.07 Å². The molecule has 0 atom stereocenters. The zero-order chi connectivity index (χ0) is 25.7. The van der Waals surface area contributed by atoms with Crippen LogP contribution in [0.15, 0.2) is 54.6 Å². The largest absolute Gasteiger partial charge is 0.429 e. The second-order valence-corrected chi connectivity index (χ2v) is 12.5. The van der Waals surface area contributed by atoms with Gasteiger partial charge in [-0.25, -0.2) is 13.2 Å². The fourth-order valence-corrected chi connectivity index (χ4v) is 8.05. The van der Waals surface area contributed by atoms with Crippen LogP contribution in [-0.4, -0.2) is 15.4 Å². The zero-order valence-corrected chi connectivity index (χ0v) is 21.3. The lowest BCUT2D eigenvalue weighted by molar-refractivity contribution is -0.0546. The molecule has 0 spiro atoms. The molecule has 1 saturated heterocycles. The van der Waals surface area contributed by atoms with Crippen LogP contribution < -0.4 is 4.74 Å². The monoisotopic (exact) mass is 517 g/mol. The second-order valence-electron chi connectivity index (χ2n) is 9.48. The van der Waals surface area contributed by atoms with Crippen molar-refractivity contribution in [1.82, 2.24) is 0 Å². The van der Waals surface area contributed by atoms with E-state index in [0.29, 0.717) is 29.9 Å². The topological polar surface area (TPSA) is 9.23 Å². The Morgan fingerprint density at radius 3 is 2.06 bits per heavy atom. The van der Waals surface area contributed by atoms with Crippen LogP contribution in [0.25, 0.3) is 11.1 Å². The highest BCUT2D eigenvalue weighted by molar-refractivity contribution is 6.59. The maximum absolute atomic E-state index is 15.0. The molecule has 1 aliphatic rings. The summed E-state index contributed by atoms with van der Waals surface area (Å²) in [6, 6.07) is 19.1. The zero-order valence-electron chi connectivity index (χ0n) is 20.3. The Hall–Kier alpha value is -2.67. The Kier molecular flexibility index (Phi) is 8.83. The Bertz CT molecular complexity index is 1130. The normalized spacial score (nSPS) is 15.0. The van der Waals surface area contributed by atoms with Crippen molar-refractivity contribution in [3.63, 3.8) is 0 Å². The first-order valence-corrected chi connectivity index (χ1v) is 14.6. The van der Waals surface area contributed by atoms with Crippen molar-refractivity contribution in [1.29, 1.82) is 0 Å². The van der Waals surface area contributed by atoms with Crippen LogP contribution in [0.1, 0.15) is 48.8 Å². The summed E-state index contributed by atoms with van der Waals surface area (Å²) in [5.74, 6) is -3.16. The van der Waals surface area contributed by atoms with Gasteiger partial charge in [0.15, 0.2) is 17.4 Å². The predicted molar refractivity (Wildman–Crippen MR) is 135 cm³/mol. The molecule has 0 bridgehead atoms. The summed E-state index contributed by atoms with van der Waals surface area (Å²) in [6.45, 7) is -1.05. The molecule has 4 rings (SSSR count). The first-order valence-electron chi connectivity index (χ1n) is 12.5.